The van der Waals surface area contributed by atoms with Crippen LogP contribution in [0.15, 0.2) is 18.3 Å². The number of anilines is 1. The highest BCUT2D eigenvalue weighted by molar-refractivity contribution is 5.45. The van der Waals surface area contributed by atoms with Crippen LogP contribution in [0.2, 0.25) is 0 Å². The van der Waals surface area contributed by atoms with E-state index in [1.54, 1.807) is 0 Å². The third kappa shape index (κ3) is 3.95. The van der Waals surface area contributed by atoms with Gasteiger partial charge in [0.05, 0.1) is 17.6 Å². The summed E-state index contributed by atoms with van der Waals surface area (Å²) < 4.78 is 0. The van der Waals surface area contributed by atoms with Gasteiger partial charge in [0.15, 0.2) is 0 Å². The number of rotatable bonds is 4. The lowest BCUT2D eigenvalue weighted by Crippen LogP contribution is -2.53. The Hall–Kier alpha value is -1.13. The number of piperazine rings is 1. The molecule has 1 aromatic rings. The van der Waals surface area contributed by atoms with Crippen molar-refractivity contribution in [3.05, 3.63) is 24.0 Å². The van der Waals surface area contributed by atoms with Crippen LogP contribution >= 0.6 is 0 Å². The van der Waals surface area contributed by atoms with Gasteiger partial charge in [0, 0.05) is 37.8 Å². The lowest BCUT2D eigenvalue weighted by Gasteiger charge is -2.43. The van der Waals surface area contributed by atoms with Gasteiger partial charge in [0.1, 0.15) is 0 Å². The Morgan fingerprint density at radius 2 is 1.86 bits per heavy atom. The first-order valence-electron chi connectivity index (χ1n) is 8.09. The number of nitrogens with zero attached hydrogens (tertiary/aromatic N) is 3. The van der Waals surface area contributed by atoms with Gasteiger partial charge < -0.3 is 10.2 Å². The first-order valence-corrected chi connectivity index (χ1v) is 8.09. The quantitative estimate of drug-likeness (QED) is 0.924. The van der Waals surface area contributed by atoms with Gasteiger partial charge in [-0.15, -0.1) is 0 Å². The van der Waals surface area contributed by atoms with Crippen molar-refractivity contribution >= 4 is 5.69 Å². The van der Waals surface area contributed by atoms with Crippen LogP contribution in [0.4, 0.5) is 5.69 Å². The summed E-state index contributed by atoms with van der Waals surface area (Å²) in [6.45, 7) is 13.5. The van der Waals surface area contributed by atoms with Crippen LogP contribution in [0.3, 0.4) is 0 Å². The fourth-order valence-corrected chi connectivity index (χ4v) is 2.99. The van der Waals surface area contributed by atoms with Crippen LogP contribution < -0.4 is 10.2 Å². The number of aromatic nitrogens is 1. The van der Waals surface area contributed by atoms with Crippen molar-refractivity contribution in [2.45, 2.75) is 45.7 Å². The molecule has 0 aromatic carbocycles. The molecule has 0 bridgehead atoms. The molecule has 0 spiro atoms. The molecule has 1 aromatic heterocycles. The lowest BCUT2D eigenvalue weighted by atomic mass is 10.0. The molecule has 1 unspecified atom stereocenters. The minimum Gasteiger partial charge on any atom is -0.368 e. The molecule has 4 nitrogen and oxygen atoms in total. The van der Waals surface area contributed by atoms with E-state index < -0.39 is 0 Å². The monoisotopic (exact) mass is 290 g/mol. The van der Waals surface area contributed by atoms with Crippen molar-refractivity contribution < 1.29 is 0 Å². The topological polar surface area (TPSA) is 31.4 Å². The summed E-state index contributed by atoms with van der Waals surface area (Å²) in [5.41, 5.74) is 2.66. The molecule has 0 aliphatic carbocycles. The molecule has 1 fully saturated rings. The summed E-state index contributed by atoms with van der Waals surface area (Å²) in [6.07, 6.45) is 3.09. The Bertz CT molecular complexity index is 423. The van der Waals surface area contributed by atoms with Crippen molar-refractivity contribution in [1.82, 2.24) is 15.2 Å². The number of hydrogen-bond acceptors (Lipinski definition) is 4. The second-order valence-corrected chi connectivity index (χ2v) is 6.84. The van der Waals surface area contributed by atoms with Crippen LogP contribution in [0.5, 0.6) is 0 Å². The molecule has 1 aliphatic rings. The molecular weight excluding hydrogens is 260 g/mol. The Labute approximate surface area is 129 Å². The third-order valence-corrected chi connectivity index (χ3v) is 4.48. The van der Waals surface area contributed by atoms with Crippen LogP contribution in [0.25, 0.3) is 0 Å². The van der Waals surface area contributed by atoms with E-state index in [1.807, 2.05) is 13.2 Å². The van der Waals surface area contributed by atoms with Crippen LogP contribution in [-0.4, -0.2) is 48.6 Å². The van der Waals surface area contributed by atoms with Crippen molar-refractivity contribution in [3.63, 3.8) is 0 Å². The Morgan fingerprint density at radius 3 is 2.29 bits per heavy atom. The third-order valence-electron chi connectivity index (χ3n) is 4.48. The molecule has 0 amide bonds. The van der Waals surface area contributed by atoms with Crippen LogP contribution in [-0.2, 0) is 0 Å². The molecule has 1 N–H and O–H groups in total. The second-order valence-electron chi connectivity index (χ2n) is 6.84. The SMILES string of the molecule is CCC(NC)c1ccc(N2CCN(C(C)(C)C)CC2)cn1. The van der Waals surface area contributed by atoms with E-state index in [0.29, 0.717) is 6.04 Å². The number of hydrogen-bond donors (Lipinski definition) is 1. The van der Waals surface area contributed by atoms with Gasteiger partial charge in [0.25, 0.3) is 0 Å². The van der Waals surface area contributed by atoms with E-state index in [1.165, 1.54) is 5.69 Å². The zero-order valence-electron chi connectivity index (χ0n) is 14.2. The van der Waals surface area contributed by atoms with Crippen molar-refractivity contribution in [1.29, 1.82) is 0 Å². The van der Waals surface area contributed by atoms with Crippen molar-refractivity contribution in [2.75, 3.05) is 38.1 Å². The molecule has 118 valence electrons. The summed E-state index contributed by atoms with van der Waals surface area (Å²) in [5.74, 6) is 0. The second kappa shape index (κ2) is 6.75. The molecule has 2 heterocycles. The highest BCUT2D eigenvalue weighted by atomic mass is 15.3. The summed E-state index contributed by atoms with van der Waals surface area (Å²) in [4.78, 5) is 9.64. The molecule has 4 heteroatoms. The van der Waals surface area contributed by atoms with Gasteiger partial charge in [0.2, 0.25) is 0 Å². The lowest BCUT2D eigenvalue weighted by molar-refractivity contribution is 0.128. The Balaban J connectivity index is 1.98. The van der Waals surface area contributed by atoms with Gasteiger partial charge in [-0.05, 0) is 46.4 Å². The van der Waals surface area contributed by atoms with Gasteiger partial charge in [-0.25, -0.2) is 0 Å². The minimum atomic E-state index is 0.273. The first-order chi connectivity index (χ1) is 9.95. The fraction of sp³-hybridized carbons (Fsp3) is 0.706. The van der Waals surface area contributed by atoms with Crippen LogP contribution in [0, 0.1) is 0 Å². The number of nitrogens with one attached hydrogen (secondary N) is 1. The van der Waals surface area contributed by atoms with E-state index >= 15 is 0 Å². The average molecular weight is 290 g/mol. The van der Waals surface area contributed by atoms with E-state index in [4.69, 9.17) is 0 Å². The molecule has 21 heavy (non-hydrogen) atoms. The standard InChI is InChI=1S/C17H30N4/c1-6-15(18-5)16-8-7-14(13-19-16)20-9-11-21(12-10-20)17(2,3)4/h7-8,13,15,18H,6,9-12H2,1-5H3. The van der Waals surface area contributed by atoms with E-state index in [0.717, 1.165) is 38.3 Å². The Morgan fingerprint density at radius 1 is 1.19 bits per heavy atom. The highest BCUT2D eigenvalue weighted by Crippen LogP contribution is 2.22. The molecule has 1 saturated heterocycles. The molecule has 0 saturated carbocycles. The summed E-state index contributed by atoms with van der Waals surface area (Å²) in [7, 11) is 2.00. The van der Waals surface area contributed by atoms with Gasteiger partial charge in [-0.3, -0.25) is 9.88 Å². The smallest absolute Gasteiger partial charge is 0.0574 e. The van der Waals surface area contributed by atoms with E-state index in [9.17, 15) is 0 Å². The van der Waals surface area contributed by atoms with Crippen molar-refractivity contribution in [3.8, 4) is 0 Å². The molecule has 1 atom stereocenters. The fourth-order valence-electron chi connectivity index (χ4n) is 2.99. The highest BCUT2D eigenvalue weighted by Gasteiger charge is 2.25. The van der Waals surface area contributed by atoms with Gasteiger partial charge >= 0.3 is 0 Å². The van der Waals surface area contributed by atoms with Crippen LogP contribution in [0.1, 0.15) is 45.9 Å². The summed E-state index contributed by atoms with van der Waals surface area (Å²) >= 11 is 0. The summed E-state index contributed by atoms with van der Waals surface area (Å²) in [5, 5.41) is 3.31. The van der Waals surface area contributed by atoms with Gasteiger partial charge in [-0.1, -0.05) is 6.92 Å². The molecule has 1 aliphatic heterocycles. The maximum atomic E-state index is 4.65. The molecule has 0 radical (unpaired) electrons. The summed E-state index contributed by atoms with van der Waals surface area (Å²) in [6, 6.07) is 4.74. The molecule has 2 rings (SSSR count). The maximum Gasteiger partial charge on any atom is 0.0574 e. The zero-order chi connectivity index (χ0) is 15.5. The Kier molecular flexibility index (Phi) is 5.22. The normalized spacial score (nSPS) is 18.8. The van der Waals surface area contributed by atoms with E-state index in [-0.39, 0.29) is 5.54 Å². The number of pyridine rings is 1. The molecular formula is C17H30N4. The zero-order valence-corrected chi connectivity index (χ0v) is 14.2. The van der Waals surface area contributed by atoms with E-state index in [2.05, 4.69) is 59.9 Å². The minimum absolute atomic E-state index is 0.273. The largest absolute Gasteiger partial charge is 0.368 e. The first kappa shape index (κ1) is 16.2. The average Bonchev–Trinajstić information content (AvgIpc) is 2.48. The van der Waals surface area contributed by atoms with Crippen molar-refractivity contribution in [2.24, 2.45) is 0 Å². The van der Waals surface area contributed by atoms with Gasteiger partial charge in [-0.2, -0.15) is 0 Å². The maximum absolute atomic E-state index is 4.65. The predicted molar refractivity (Wildman–Crippen MR) is 89.9 cm³/mol. The predicted octanol–water partition coefficient (Wildman–Crippen LogP) is 2.67.